The number of aliphatic hydroxyl groups excluding tert-OH is 1. The minimum atomic E-state index is -0.981. The first kappa shape index (κ1) is 30.8. The number of ketones is 1. The average Bonchev–Trinajstić information content (AvgIpc) is 3.73. The maximum absolute atomic E-state index is 14.2. The molecular formula is C34H32FN3O5S2. The van der Waals surface area contributed by atoms with E-state index in [1.54, 1.807) is 54.6 Å². The van der Waals surface area contributed by atoms with Crippen molar-refractivity contribution < 1.29 is 28.6 Å². The third-order valence-corrected chi connectivity index (χ3v) is 9.82. The van der Waals surface area contributed by atoms with Crippen molar-refractivity contribution in [3.63, 3.8) is 0 Å². The van der Waals surface area contributed by atoms with Crippen LogP contribution < -0.4 is 14.4 Å². The van der Waals surface area contributed by atoms with Crippen LogP contribution in [-0.2, 0) is 21.8 Å². The lowest BCUT2D eigenvalue weighted by molar-refractivity contribution is -0.132. The normalized spacial score (nSPS) is 18.7. The molecule has 45 heavy (non-hydrogen) atoms. The molecule has 2 atom stereocenters. The summed E-state index contributed by atoms with van der Waals surface area (Å²) in [7, 11) is 0. The van der Waals surface area contributed by atoms with Gasteiger partial charge in [0.25, 0.3) is 5.78 Å². The number of halogens is 1. The number of rotatable bonds is 11. The fraction of sp³-hybridized carbons (Fsp3) is 0.294. The molecule has 1 amide bonds. The largest absolute Gasteiger partial charge is 0.507 e. The Morgan fingerprint density at radius 3 is 2.78 bits per heavy atom. The van der Waals surface area contributed by atoms with E-state index in [9.17, 15) is 19.1 Å². The van der Waals surface area contributed by atoms with Gasteiger partial charge in [0, 0.05) is 17.7 Å². The minimum Gasteiger partial charge on any atom is -0.507 e. The summed E-state index contributed by atoms with van der Waals surface area (Å²) in [5.74, 6) is -0.597. The minimum absolute atomic E-state index is 0.00546. The van der Waals surface area contributed by atoms with Gasteiger partial charge < -0.3 is 14.6 Å². The topological polar surface area (TPSA) is 102 Å². The Bertz CT molecular complexity index is 1770. The van der Waals surface area contributed by atoms with Gasteiger partial charge in [-0.25, -0.2) is 4.39 Å². The number of benzene rings is 3. The second-order valence-corrected chi connectivity index (χ2v) is 13.2. The fourth-order valence-corrected chi connectivity index (χ4v) is 7.35. The summed E-state index contributed by atoms with van der Waals surface area (Å²) in [6.45, 7) is 4.62. The number of carbonyl (C=O) groups excluding carboxylic acids is 2. The average molecular weight is 646 g/mol. The molecule has 3 heterocycles. The molecule has 11 heteroatoms. The first-order valence-electron chi connectivity index (χ1n) is 14.9. The van der Waals surface area contributed by atoms with Crippen LogP contribution in [0, 0.1) is 5.82 Å². The highest BCUT2D eigenvalue weighted by Gasteiger charge is 2.48. The predicted octanol–water partition coefficient (Wildman–Crippen LogP) is 7.49. The van der Waals surface area contributed by atoms with Gasteiger partial charge in [0.15, 0.2) is 4.34 Å². The van der Waals surface area contributed by atoms with Crippen molar-refractivity contribution in [1.29, 1.82) is 0 Å². The summed E-state index contributed by atoms with van der Waals surface area (Å²) >= 11 is 2.41. The lowest BCUT2D eigenvalue weighted by atomic mass is 9.94. The van der Waals surface area contributed by atoms with Crippen LogP contribution >= 0.6 is 23.1 Å². The Morgan fingerprint density at radius 1 is 1.11 bits per heavy atom. The number of unbranched alkanes of at least 4 members (excludes halogenated alkanes) is 2. The van der Waals surface area contributed by atoms with Crippen molar-refractivity contribution in [1.82, 2.24) is 10.2 Å². The first-order chi connectivity index (χ1) is 21.8. The molecule has 1 aromatic heterocycles. The fourth-order valence-electron chi connectivity index (χ4n) is 5.50. The van der Waals surface area contributed by atoms with E-state index in [4.69, 9.17) is 9.47 Å². The quantitative estimate of drug-likeness (QED) is 0.0447. The van der Waals surface area contributed by atoms with Gasteiger partial charge in [0.2, 0.25) is 5.13 Å². The van der Waals surface area contributed by atoms with Crippen molar-refractivity contribution in [3.8, 4) is 11.5 Å². The number of carbonyl (C=O) groups is 2. The number of nitrogens with zero attached hydrogens (tertiary/aromatic N) is 3. The molecule has 0 bridgehead atoms. The molecule has 232 valence electrons. The molecule has 8 nitrogen and oxygen atoms in total. The zero-order valence-corrected chi connectivity index (χ0v) is 26.5. The van der Waals surface area contributed by atoms with Crippen molar-refractivity contribution in [2.24, 2.45) is 0 Å². The number of hydrogen-bond donors (Lipinski definition) is 1. The van der Waals surface area contributed by atoms with Gasteiger partial charge >= 0.3 is 5.91 Å². The predicted molar refractivity (Wildman–Crippen MR) is 172 cm³/mol. The molecule has 6 rings (SSSR count). The van der Waals surface area contributed by atoms with Gasteiger partial charge in [-0.15, -0.1) is 10.2 Å². The number of Topliss-reactive ketones (excluding diaryl/α,β-unsaturated/α-hetero) is 1. The van der Waals surface area contributed by atoms with E-state index in [1.807, 2.05) is 13.0 Å². The van der Waals surface area contributed by atoms with Crippen molar-refractivity contribution in [2.45, 2.75) is 61.8 Å². The Balaban J connectivity index is 1.38. The summed E-state index contributed by atoms with van der Waals surface area (Å²) < 4.78 is 26.5. The van der Waals surface area contributed by atoms with E-state index in [0.29, 0.717) is 45.6 Å². The summed E-state index contributed by atoms with van der Waals surface area (Å²) in [6, 6.07) is 18.0. The molecule has 2 aliphatic rings. The SMILES string of the molecule is CCCCCOc1cccc([C@H]2C(=C(O)c3ccc4c(c3)C[C@H](C)O4)C(=O)C(=O)N2c2nnc(SCc3ccccc3F)s2)c1. The number of hydrogen-bond acceptors (Lipinski definition) is 9. The number of anilines is 1. The van der Waals surface area contributed by atoms with Gasteiger partial charge in [0.05, 0.1) is 18.2 Å². The van der Waals surface area contributed by atoms with E-state index in [0.717, 1.165) is 41.9 Å². The number of aromatic nitrogens is 2. The van der Waals surface area contributed by atoms with Crippen LogP contribution in [0.3, 0.4) is 0 Å². The van der Waals surface area contributed by atoms with Gasteiger partial charge in [-0.05, 0) is 66.4 Å². The molecule has 2 aliphatic heterocycles. The van der Waals surface area contributed by atoms with Gasteiger partial charge in [-0.2, -0.15) is 0 Å². The smallest absolute Gasteiger partial charge is 0.301 e. The molecule has 0 saturated carbocycles. The Kier molecular flexibility index (Phi) is 9.18. The number of amides is 1. The molecule has 0 radical (unpaired) electrons. The number of aliphatic hydroxyl groups is 1. The number of ether oxygens (including phenoxy) is 2. The first-order valence-corrected chi connectivity index (χ1v) is 16.7. The Morgan fingerprint density at radius 2 is 1.96 bits per heavy atom. The molecule has 0 unspecified atom stereocenters. The molecule has 0 aliphatic carbocycles. The van der Waals surface area contributed by atoms with Crippen molar-refractivity contribution in [2.75, 3.05) is 11.5 Å². The van der Waals surface area contributed by atoms with Crippen molar-refractivity contribution in [3.05, 3.63) is 100 Å². The zero-order chi connectivity index (χ0) is 31.5. The summed E-state index contributed by atoms with van der Waals surface area (Å²) in [4.78, 5) is 28.7. The monoisotopic (exact) mass is 645 g/mol. The van der Waals surface area contributed by atoms with Crippen LogP contribution in [0.15, 0.2) is 76.6 Å². The van der Waals surface area contributed by atoms with E-state index in [2.05, 4.69) is 17.1 Å². The van der Waals surface area contributed by atoms with Crippen molar-refractivity contribution >= 4 is 45.7 Å². The van der Waals surface area contributed by atoms with Crippen LogP contribution in [0.5, 0.6) is 11.5 Å². The van der Waals surface area contributed by atoms with Gasteiger partial charge in [-0.3, -0.25) is 14.5 Å². The summed E-state index contributed by atoms with van der Waals surface area (Å²) in [5.41, 5.74) is 2.38. The second kappa shape index (κ2) is 13.4. The van der Waals surface area contributed by atoms with Crippen LogP contribution in [-0.4, -0.2) is 39.7 Å². The second-order valence-electron chi connectivity index (χ2n) is 11.0. The lowest BCUT2D eigenvalue weighted by Gasteiger charge is -2.23. The van der Waals surface area contributed by atoms with Crippen LogP contribution in [0.25, 0.3) is 5.76 Å². The van der Waals surface area contributed by atoms with Crippen LogP contribution in [0.2, 0.25) is 0 Å². The number of fused-ring (bicyclic) bond motifs is 1. The third-order valence-electron chi connectivity index (χ3n) is 7.72. The summed E-state index contributed by atoms with van der Waals surface area (Å²) in [5, 5.41) is 20.3. The Hall–Kier alpha value is -4.22. The number of thioether (sulfide) groups is 1. The van der Waals surface area contributed by atoms with Gasteiger partial charge in [0.1, 0.15) is 29.2 Å². The molecule has 1 N–H and O–H groups in total. The van der Waals surface area contributed by atoms with Gasteiger partial charge in [-0.1, -0.05) is 73.2 Å². The highest BCUT2D eigenvalue weighted by Crippen LogP contribution is 2.45. The maximum Gasteiger partial charge on any atom is 0.301 e. The molecule has 3 aromatic carbocycles. The van der Waals surface area contributed by atoms with E-state index in [1.165, 1.54) is 22.7 Å². The molecule has 4 aromatic rings. The molecule has 1 fully saturated rings. The highest BCUT2D eigenvalue weighted by atomic mass is 32.2. The Labute approximate surface area is 268 Å². The molecular weight excluding hydrogens is 614 g/mol. The summed E-state index contributed by atoms with van der Waals surface area (Å²) in [6.07, 6.45) is 3.68. The van der Waals surface area contributed by atoms with Crippen LogP contribution in [0.4, 0.5) is 9.52 Å². The maximum atomic E-state index is 14.2. The highest BCUT2D eigenvalue weighted by molar-refractivity contribution is 8.00. The zero-order valence-electron chi connectivity index (χ0n) is 24.9. The van der Waals surface area contributed by atoms with E-state index in [-0.39, 0.29) is 28.4 Å². The third kappa shape index (κ3) is 6.46. The standard InChI is InChI=1S/C34H32FN3O5S2/c1-3-4-7-15-42-25-11-8-10-21(18-25)29-28(30(39)22-13-14-27-24(17-22)16-20(2)43-27)31(40)32(41)38(29)33-36-37-34(45-33)44-19-23-9-5-6-12-26(23)35/h5-6,8-14,17-18,20,29,39H,3-4,7,15-16,19H2,1-2H3/t20-,29-/m0/s1. The lowest BCUT2D eigenvalue weighted by Crippen LogP contribution is -2.29. The molecule has 1 saturated heterocycles. The molecule has 0 spiro atoms. The van der Waals surface area contributed by atoms with E-state index >= 15 is 0 Å². The van der Waals surface area contributed by atoms with Crippen LogP contribution in [0.1, 0.15) is 61.4 Å². The van der Waals surface area contributed by atoms with E-state index < -0.39 is 17.7 Å².